The molecule has 5 nitrogen and oxygen atoms in total. The van der Waals surface area contributed by atoms with Crippen molar-refractivity contribution in [3.05, 3.63) is 0 Å². The Balaban J connectivity index is 0. The van der Waals surface area contributed by atoms with Crippen molar-refractivity contribution in [3.8, 4) is 0 Å². The Morgan fingerprint density at radius 2 is 1.23 bits per heavy atom. The van der Waals surface area contributed by atoms with Crippen LogP contribution in [0.2, 0.25) is 0 Å². The van der Waals surface area contributed by atoms with Gasteiger partial charge in [-0.2, -0.15) is 0 Å². The molecule has 2 N–H and O–H groups in total. The van der Waals surface area contributed by atoms with Gasteiger partial charge in [0.25, 0.3) is 0 Å². The lowest BCUT2D eigenvalue weighted by molar-refractivity contribution is 0.588. The quantitative estimate of drug-likeness (QED) is 0.679. The summed E-state index contributed by atoms with van der Waals surface area (Å²) in [7, 11) is -6.37. The fourth-order valence-corrected chi connectivity index (χ4v) is 2.77. The van der Waals surface area contributed by atoms with E-state index < -0.39 is 25.7 Å². The van der Waals surface area contributed by atoms with Crippen LogP contribution in [0.5, 0.6) is 0 Å². The van der Waals surface area contributed by atoms with Gasteiger partial charge in [0.05, 0.1) is 11.5 Å². The van der Waals surface area contributed by atoms with Crippen molar-refractivity contribution < 1.29 is 16.8 Å². The van der Waals surface area contributed by atoms with E-state index >= 15 is 0 Å². The number of hydrogen-bond acceptors (Lipinski definition) is 5. The second-order valence-corrected chi connectivity index (χ2v) is 7.31. The Kier molecular flexibility index (Phi) is 6.17. The molecule has 82 valence electrons. The van der Waals surface area contributed by atoms with E-state index in [1.165, 1.54) is 0 Å². The van der Waals surface area contributed by atoms with Crippen LogP contribution in [0.4, 0.5) is 0 Å². The molecule has 0 aliphatic heterocycles. The Morgan fingerprint density at radius 1 is 1.00 bits per heavy atom. The van der Waals surface area contributed by atoms with Crippen molar-refractivity contribution in [2.75, 3.05) is 24.0 Å². The van der Waals surface area contributed by atoms with Crippen LogP contribution in [0.15, 0.2) is 0 Å². The summed E-state index contributed by atoms with van der Waals surface area (Å²) < 4.78 is 42.6. The highest BCUT2D eigenvalue weighted by Gasteiger charge is 2.15. The first kappa shape index (κ1) is 15.6. The first-order valence-corrected chi connectivity index (χ1v) is 7.33. The van der Waals surface area contributed by atoms with E-state index in [4.69, 9.17) is 5.73 Å². The number of sulfone groups is 2. The van der Waals surface area contributed by atoms with Gasteiger partial charge in [-0.15, -0.1) is 12.4 Å². The van der Waals surface area contributed by atoms with Gasteiger partial charge in [0.2, 0.25) is 0 Å². The van der Waals surface area contributed by atoms with Crippen LogP contribution < -0.4 is 5.73 Å². The minimum absolute atomic E-state index is 0. The summed E-state index contributed by atoms with van der Waals surface area (Å²) in [5, 5.41) is 0. The predicted octanol–water partition coefficient (Wildman–Crippen LogP) is -1.18. The molecule has 0 atom stereocenters. The van der Waals surface area contributed by atoms with Gasteiger partial charge in [0.1, 0.15) is 19.7 Å². The lowest BCUT2D eigenvalue weighted by Gasteiger charge is -2.07. The molecular formula is C5H14ClNO4S2. The van der Waals surface area contributed by atoms with Gasteiger partial charge < -0.3 is 5.73 Å². The highest BCUT2D eigenvalue weighted by molar-refractivity contribution is 7.91. The Hall–Kier alpha value is 0.150. The molecule has 0 fully saturated rings. The van der Waals surface area contributed by atoms with E-state index in [-0.39, 0.29) is 23.9 Å². The van der Waals surface area contributed by atoms with Gasteiger partial charge in [-0.1, -0.05) is 0 Å². The maximum absolute atomic E-state index is 10.7. The fraction of sp³-hybridized carbons (Fsp3) is 1.00. The van der Waals surface area contributed by atoms with Crippen LogP contribution in [0.1, 0.15) is 0 Å². The number of hydrogen-bond donors (Lipinski definition) is 1. The fourth-order valence-electron chi connectivity index (χ4n) is 0.826. The lowest BCUT2D eigenvalue weighted by Crippen LogP contribution is -2.35. The smallest absolute Gasteiger partial charge is 0.149 e. The monoisotopic (exact) mass is 251 g/mol. The van der Waals surface area contributed by atoms with Crippen LogP contribution in [0, 0.1) is 0 Å². The van der Waals surface area contributed by atoms with Crippen molar-refractivity contribution in [2.45, 2.75) is 6.04 Å². The minimum atomic E-state index is -3.19. The molecule has 0 amide bonds. The van der Waals surface area contributed by atoms with Crippen molar-refractivity contribution in [1.82, 2.24) is 0 Å². The van der Waals surface area contributed by atoms with E-state index in [1.807, 2.05) is 0 Å². The lowest BCUT2D eigenvalue weighted by atomic mass is 10.4. The first-order chi connectivity index (χ1) is 5.10. The Bertz CT molecular complexity index is 300. The molecule has 0 aromatic carbocycles. The zero-order valence-corrected chi connectivity index (χ0v) is 9.88. The minimum Gasteiger partial charge on any atom is -0.326 e. The van der Waals surface area contributed by atoms with E-state index in [0.29, 0.717) is 0 Å². The molecule has 0 unspecified atom stereocenters. The first-order valence-electron chi connectivity index (χ1n) is 3.21. The molecule has 0 saturated carbocycles. The normalized spacial score (nSPS) is 12.6. The summed E-state index contributed by atoms with van der Waals surface area (Å²) in [4.78, 5) is 0. The average Bonchev–Trinajstić information content (AvgIpc) is 1.49. The maximum Gasteiger partial charge on any atom is 0.149 e. The van der Waals surface area contributed by atoms with Gasteiger partial charge in [0, 0.05) is 18.6 Å². The maximum atomic E-state index is 10.7. The van der Waals surface area contributed by atoms with Crippen LogP contribution in [0.3, 0.4) is 0 Å². The standard InChI is InChI=1S/C5H13NO4S2.ClH/c1-11(7,8)3-5(6)4-12(2,9)10;/h5H,3-4,6H2,1-2H3;1H. The summed E-state index contributed by atoms with van der Waals surface area (Å²) in [6, 6.07) is -0.824. The molecule has 0 aliphatic rings. The van der Waals surface area contributed by atoms with E-state index in [9.17, 15) is 16.8 Å². The van der Waals surface area contributed by atoms with Gasteiger partial charge >= 0.3 is 0 Å². The molecule has 0 aromatic rings. The van der Waals surface area contributed by atoms with Crippen molar-refractivity contribution >= 4 is 32.1 Å². The predicted molar refractivity (Wildman–Crippen MR) is 54.6 cm³/mol. The van der Waals surface area contributed by atoms with Crippen LogP contribution in [-0.2, 0) is 19.7 Å². The van der Waals surface area contributed by atoms with E-state index in [1.54, 1.807) is 0 Å². The van der Waals surface area contributed by atoms with Crippen LogP contribution in [-0.4, -0.2) is 46.9 Å². The third-order valence-electron chi connectivity index (χ3n) is 1.03. The number of nitrogens with two attached hydrogens (primary N) is 1. The van der Waals surface area contributed by atoms with Gasteiger partial charge in [-0.05, 0) is 0 Å². The summed E-state index contributed by atoms with van der Waals surface area (Å²) in [5.74, 6) is -0.583. The molecule has 0 aliphatic carbocycles. The summed E-state index contributed by atoms with van der Waals surface area (Å²) in [6.45, 7) is 0. The molecule has 0 heterocycles. The van der Waals surface area contributed by atoms with Crippen molar-refractivity contribution in [1.29, 1.82) is 0 Å². The highest BCUT2D eigenvalue weighted by Crippen LogP contribution is 1.92. The third-order valence-corrected chi connectivity index (χ3v) is 3.10. The zero-order valence-electron chi connectivity index (χ0n) is 7.43. The molecule has 8 heteroatoms. The SMILES string of the molecule is CS(=O)(=O)CC(N)CS(C)(=O)=O.Cl. The molecule has 0 aromatic heterocycles. The second kappa shape index (κ2) is 5.14. The highest BCUT2D eigenvalue weighted by atomic mass is 35.5. The summed E-state index contributed by atoms with van der Waals surface area (Å²) in [6.07, 6.45) is 2.05. The Morgan fingerprint density at radius 3 is 1.38 bits per heavy atom. The molecule has 0 spiro atoms. The molecule has 13 heavy (non-hydrogen) atoms. The second-order valence-electron chi connectivity index (χ2n) is 2.94. The van der Waals surface area contributed by atoms with Crippen molar-refractivity contribution in [2.24, 2.45) is 5.73 Å². The van der Waals surface area contributed by atoms with E-state index in [0.717, 1.165) is 12.5 Å². The molecule has 0 bridgehead atoms. The third kappa shape index (κ3) is 12.1. The number of halogens is 1. The largest absolute Gasteiger partial charge is 0.326 e. The van der Waals surface area contributed by atoms with Gasteiger partial charge in [-0.3, -0.25) is 0 Å². The molecular weight excluding hydrogens is 238 g/mol. The summed E-state index contributed by atoms with van der Waals surface area (Å²) >= 11 is 0. The van der Waals surface area contributed by atoms with Gasteiger partial charge in [-0.25, -0.2) is 16.8 Å². The molecule has 0 saturated heterocycles. The van der Waals surface area contributed by atoms with Crippen LogP contribution >= 0.6 is 12.4 Å². The zero-order chi connectivity index (χ0) is 9.99. The number of rotatable bonds is 4. The van der Waals surface area contributed by atoms with Crippen LogP contribution in [0.25, 0.3) is 0 Å². The molecule has 0 radical (unpaired) electrons. The van der Waals surface area contributed by atoms with Gasteiger partial charge in [0.15, 0.2) is 0 Å². The van der Waals surface area contributed by atoms with E-state index in [2.05, 4.69) is 0 Å². The topological polar surface area (TPSA) is 94.3 Å². The summed E-state index contributed by atoms with van der Waals surface area (Å²) in [5.41, 5.74) is 5.29. The van der Waals surface area contributed by atoms with Crippen molar-refractivity contribution in [3.63, 3.8) is 0 Å². The average molecular weight is 252 g/mol. The Labute approximate surface area is 84.9 Å². The molecule has 0 rings (SSSR count).